The van der Waals surface area contributed by atoms with Crippen LogP contribution in [0.4, 0.5) is 13.2 Å². The number of fused-ring (bicyclic) bond motifs is 16. The normalized spacial score (nSPS) is 59.2. The number of rotatable bonds is 2. The van der Waals surface area contributed by atoms with Crippen LogP contribution in [0.25, 0.3) is 0 Å². The van der Waals surface area contributed by atoms with Crippen LogP contribution in [0.1, 0.15) is 45.4 Å². The van der Waals surface area contributed by atoms with E-state index in [4.69, 9.17) is 4.74 Å². The van der Waals surface area contributed by atoms with Crippen molar-refractivity contribution in [2.24, 2.45) is 47.3 Å². The summed E-state index contributed by atoms with van der Waals surface area (Å²) in [5.41, 5.74) is -2.20. The summed E-state index contributed by atoms with van der Waals surface area (Å²) in [6.45, 7) is 1.57. The van der Waals surface area contributed by atoms with Gasteiger partial charge in [0, 0.05) is 23.7 Å². The zero-order valence-electron chi connectivity index (χ0n) is 14.8. The first-order valence-electron chi connectivity index (χ1n) is 10.2. The van der Waals surface area contributed by atoms with E-state index in [1.54, 1.807) is 6.92 Å². The zero-order chi connectivity index (χ0) is 18.3. The maximum atomic E-state index is 14.7. The van der Waals surface area contributed by atoms with E-state index in [1.165, 1.54) is 0 Å². The maximum Gasteiger partial charge on any atom is 0.418 e. The molecule has 0 N–H and O–H groups in total. The number of ether oxygens (including phenoxy) is 1. The molecule has 10 atom stereocenters. The van der Waals surface area contributed by atoms with Crippen LogP contribution in [0, 0.1) is 47.3 Å². The number of halogens is 3. The lowest BCUT2D eigenvalue weighted by atomic mass is 9.54. The second-order valence-corrected chi connectivity index (χ2v) is 12.2. The van der Waals surface area contributed by atoms with Gasteiger partial charge in [-0.15, -0.1) is 0 Å². The molecular formula is C19H25F3O3S. The lowest BCUT2D eigenvalue weighted by Crippen LogP contribution is -2.62. The average molecular weight is 390 g/mol. The average Bonchev–Trinajstić information content (AvgIpc) is 3.39. The summed E-state index contributed by atoms with van der Waals surface area (Å²) in [7, 11) is -3.74. The van der Waals surface area contributed by atoms with Gasteiger partial charge in [0.05, 0.1) is 5.75 Å². The first-order valence-corrected chi connectivity index (χ1v) is 11.8. The van der Waals surface area contributed by atoms with Gasteiger partial charge in [-0.05, 0) is 62.2 Å². The van der Waals surface area contributed by atoms with Crippen LogP contribution in [0.2, 0.25) is 0 Å². The Labute approximate surface area is 152 Å². The highest BCUT2D eigenvalue weighted by Crippen LogP contribution is 2.82. The summed E-state index contributed by atoms with van der Waals surface area (Å²) in [6.07, 6.45) is 0.403. The van der Waals surface area contributed by atoms with Gasteiger partial charge >= 0.3 is 6.18 Å². The predicted molar refractivity (Wildman–Crippen MR) is 87.7 cm³/mol. The molecule has 2 saturated heterocycles. The van der Waals surface area contributed by atoms with Gasteiger partial charge in [0.15, 0.2) is 20.4 Å². The van der Waals surface area contributed by atoms with E-state index < -0.39 is 50.2 Å². The Bertz CT molecular complexity index is 741. The van der Waals surface area contributed by atoms with Gasteiger partial charge < -0.3 is 4.74 Å². The molecule has 2 unspecified atom stereocenters. The van der Waals surface area contributed by atoms with Crippen molar-refractivity contribution in [2.75, 3.05) is 5.75 Å². The second kappa shape index (κ2) is 4.47. The fourth-order valence-corrected chi connectivity index (χ4v) is 11.3. The monoisotopic (exact) mass is 390 g/mol. The van der Waals surface area contributed by atoms with E-state index in [2.05, 4.69) is 0 Å². The molecule has 7 heteroatoms. The van der Waals surface area contributed by atoms with Crippen molar-refractivity contribution < 1.29 is 26.3 Å². The zero-order valence-corrected chi connectivity index (χ0v) is 15.7. The van der Waals surface area contributed by atoms with Crippen LogP contribution in [0.3, 0.4) is 0 Å². The van der Waals surface area contributed by atoms with Crippen molar-refractivity contribution in [1.82, 2.24) is 0 Å². The van der Waals surface area contributed by atoms with Gasteiger partial charge in [-0.3, -0.25) is 0 Å². The Kier molecular flexibility index (Phi) is 2.86. The number of sulfone groups is 1. The first kappa shape index (κ1) is 16.6. The minimum atomic E-state index is -4.49. The fraction of sp³-hybridized carbons (Fsp3) is 1.00. The molecular weight excluding hydrogens is 365 g/mol. The summed E-state index contributed by atoms with van der Waals surface area (Å²) >= 11 is 0. The maximum absolute atomic E-state index is 14.7. The van der Waals surface area contributed by atoms with Gasteiger partial charge in [-0.1, -0.05) is 6.92 Å². The second-order valence-electron chi connectivity index (χ2n) is 9.79. The van der Waals surface area contributed by atoms with Crippen LogP contribution in [-0.4, -0.2) is 30.9 Å². The van der Waals surface area contributed by atoms with Crippen LogP contribution >= 0.6 is 0 Å². The predicted octanol–water partition coefficient (Wildman–Crippen LogP) is 3.79. The molecule has 3 nitrogen and oxygen atoms in total. The summed E-state index contributed by atoms with van der Waals surface area (Å²) in [5, 5.41) is 0. The quantitative estimate of drug-likeness (QED) is 0.721. The largest absolute Gasteiger partial charge is 0.418 e. The van der Waals surface area contributed by atoms with Crippen molar-refractivity contribution >= 4 is 9.84 Å². The molecule has 2 heterocycles. The molecule has 0 radical (unpaired) electrons. The molecule has 4 aliphatic carbocycles. The van der Waals surface area contributed by atoms with Gasteiger partial charge in [-0.2, -0.15) is 13.2 Å². The molecule has 6 bridgehead atoms. The molecule has 6 rings (SSSR count). The summed E-state index contributed by atoms with van der Waals surface area (Å²) in [5.74, 6) is -2.11. The lowest BCUT2D eigenvalue weighted by molar-refractivity contribution is -0.292. The van der Waals surface area contributed by atoms with E-state index in [-0.39, 0.29) is 29.4 Å². The SMILES string of the molecule is CCS(=O)(=O)C12OC(C(F)(F)F)([C@@H]3[C@H]4CC[C@H](C4)[C@@H]31)[C@H]1[C@@H]3CC[C@@H](C3)[C@H]12. The van der Waals surface area contributed by atoms with Crippen molar-refractivity contribution in [3.63, 3.8) is 0 Å². The number of alkyl halides is 3. The summed E-state index contributed by atoms with van der Waals surface area (Å²) < 4.78 is 77.0. The Hall–Kier alpha value is -0.300. The summed E-state index contributed by atoms with van der Waals surface area (Å²) in [6, 6.07) is 0. The molecule has 4 saturated carbocycles. The van der Waals surface area contributed by atoms with Crippen LogP contribution in [0.15, 0.2) is 0 Å². The third kappa shape index (κ3) is 1.42. The molecule has 2 aliphatic heterocycles. The van der Waals surface area contributed by atoms with Crippen molar-refractivity contribution in [1.29, 1.82) is 0 Å². The van der Waals surface area contributed by atoms with Gasteiger partial charge in [0.1, 0.15) is 0 Å². The van der Waals surface area contributed by atoms with Gasteiger partial charge in [0.2, 0.25) is 0 Å². The molecule has 0 aromatic carbocycles. The first-order chi connectivity index (χ1) is 12.2. The molecule has 0 amide bonds. The molecule has 0 aromatic rings. The molecule has 146 valence electrons. The van der Waals surface area contributed by atoms with Crippen LogP contribution in [-0.2, 0) is 14.6 Å². The highest BCUT2D eigenvalue weighted by atomic mass is 32.2. The number of hydrogen-bond donors (Lipinski definition) is 0. The van der Waals surface area contributed by atoms with E-state index in [0.717, 1.165) is 38.5 Å². The molecule has 6 fully saturated rings. The smallest absolute Gasteiger partial charge is 0.342 e. The lowest BCUT2D eigenvalue weighted by Gasteiger charge is -2.50. The van der Waals surface area contributed by atoms with Crippen LogP contribution < -0.4 is 0 Å². The van der Waals surface area contributed by atoms with Gasteiger partial charge in [-0.25, -0.2) is 8.42 Å². The summed E-state index contributed by atoms with van der Waals surface area (Å²) in [4.78, 5) is -1.56. The third-order valence-corrected chi connectivity index (χ3v) is 11.7. The van der Waals surface area contributed by atoms with Crippen LogP contribution in [0.5, 0.6) is 0 Å². The highest BCUT2D eigenvalue weighted by Gasteiger charge is 2.91. The minimum absolute atomic E-state index is 0.0133. The molecule has 0 aromatic heterocycles. The Balaban J connectivity index is 1.66. The Morgan fingerprint density at radius 3 is 1.69 bits per heavy atom. The molecule has 0 spiro atoms. The Morgan fingerprint density at radius 2 is 1.31 bits per heavy atom. The van der Waals surface area contributed by atoms with E-state index in [0.29, 0.717) is 0 Å². The van der Waals surface area contributed by atoms with E-state index >= 15 is 0 Å². The van der Waals surface area contributed by atoms with Gasteiger partial charge in [0.25, 0.3) is 0 Å². The van der Waals surface area contributed by atoms with Crippen molar-refractivity contribution in [3.8, 4) is 0 Å². The van der Waals surface area contributed by atoms with Crippen molar-refractivity contribution in [2.45, 2.75) is 62.2 Å². The fourth-order valence-electron chi connectivity index (χ4n) is 9.09. The molecule has 26 heavy (non-hydrogen) atoms. The van der Waals surface area contributed by atoms with E-state index in [1.807, 2.05) is 0 Å². The standard InChI is InChI=1S/C19H25F3O3S/c1-2-26(23,24)18-15-11-5-3-9(7-11)13(15)17(25-18,19(20,21)22)14-10-4-6-12(8-10)16(14)18/h9-16H,2-8H2,1H3/t9-,10+,11+,12-,13+,14-,15-,16+,17?,18?. The number of hydrogen-bond acceptors (Lipinski definition) is 3. The topological polar surface area (TPSA) is 43.4 Å². The third-order valence-electron chi connectivity index (χ3n) is 9.39. The minimum Gasteiger partial charge on any atom is -0.342 e. The van der Waals surface area contributed by atoms with E-state index in [9.17, 15) is 21.6 Å². The van der Waals surface area contributed by atoms with Crippen molar-refractivity contribution in [3.05, 3.63) is 0 Å². The molecule has 6 aliphatic rings. The Morgan fingerprint density at radius 1 is 0.885 bits per heavy atom. The highest BCUT2D eigenvalue weighted by molar-refractivity contribution is 7.92.